The van der Waals surface area contributed by atoms with Gasteiger partial charge in [0.2, 0.25) is 0 Å². The summed E-state index contributed by atoms with van der Waals surface area (Å²) < 4.78 is 0. The summed E-state index contributed by atoms with van der Waals surface area (Å²) >= 11 is 3.65. The first-order valence-corrected chi connectivity index (χ1v) is 9.32. The van der Waals surface area contributed by atoms with Gasteiger partial charge in [0, 0.05) is 28.9 Å². The highest BCUT2D eigenvalue weighted by Crippen LogP contribution is 2.28. The van der Waals surface area contributed by atoms with Gasteiger partial charge in [-0.15, -0.1) is 22.7 Å². The predicted molar refractivity (Wildman–Crippen MR) is 94.5 cm³/mol. The lowest BCUT2D eigenvalue weighted by molar-refractivity contribution is 0.590. The van der Waals surface area contributed by atoms with Crippen LogP contribution in [0.25, 0.3) is 0 Å². The Morgan fingerprint density at radius 1 is 1.33 bits per heavy atom. The first-order valence-electron chi connectivity index (χ1n) is 7.63. The Labute approximate surface area is 136 Å². The van der Waals surface area contributed by atoms with Crippen molar-refractivity contribution in [2.75, 3.05) is 11.4 Å². The van der Waals surface area contributed by atoms with E-state index in [0.29, 0.717) is 6.04 Å². The Morgan fingerprint density at radius 3 is 2.71 bits per heavy atom. The molecule has 0 saturated heterocycles. The number of hydrogen-bond donors (Lipinski definition) is 1. The Bertz CT molecular complexity index is 532. The molecule has 0 aromatic carbocycles. The third-order valence-electron chi connectivity index (χ3n) is 3.35. The van der Waals surface area contributed by atoms with Crippen molar-refractivity contribution in [3.63, 3.8) is 0 Å². The minimum atomic E-state index is 0.508. The highest BCUT2D eigenvalue weighted by atomic mass is 32.1. The fraction of sp³-hybridized carbons (Fsp3) is 0.562. The number of thiazole rings is 1. The van der Waals surface area contributed by atoms with E-state index in [1.165, 1.54) is 15.4 Å². The summed E-state index contributed by atoms with van der Waals surface area (Å²) in [4.78, 5) is 10.0. The lowest BCUT2D eigenvalue weighted by Crippen LogP contribution is -2.21. The molecule has 2 aromatic heterocycles. The normalized spacial score (nSPS) is 11.3. The van der Waals surface area contributed by atoms with E-state index in [2.05, 4.69) is 55.4 Å². The number of nitrogens with zero attached hydrogens (tertiary/aromatic N) is 2. The van der Waals surface area contributed by atoms with Crippen molar-refractivity contribution < 1.29 is 0 Å². The summed E-state index contributed by atoms with van der Waals surface area (Å²) in [6.07, 6.45) is 1.00. The molecular formula is C16H25N3S2. The van der Waals surface area contributed by atoms with Crippen molar-refractivity contribution in [2.24, 2.45) is 0 Å². The number of hydrogen-bond acceptors (Lipinski definition) is 5. The van der Waals surface area contributed by atoms with E-state index in [0.717, 1.165) is 31.2 Å². The van der Waals surface area contributed by atoms with Gasteiger partial charge in [-0.05, 0) is 24.8 Å². The summed E-state index contributed by atoms with van der Waals surface area (Å²) in [7, 11) is 0. The summed E-state index contributed by atoms with van der Waals surface area (Å²) in [5.74, 6) is 0. The van der Waals surface area contributed by atoms with Gasteiger partial charge in [0.15, 0.2) is 5.13 Å². The van der Waals surface area contributed by atoms with E-state index in [9.17, 15) is 0 Å². The molecule has 0 atom stereocenters. The number of anilines is 1. The van der Waals surface area contributed by atoms with Crippen molar-refractivity contribution in [3.05, 3.63) is 33.0 Å². The van der Waals surface area contributed by atoms with Gasteiger partial charge in [-0.25, -0.2) is 4.98 Å². The molecular weight excluding hydrogens is 298 g/mol. The highest BCUT2D eigenvalue weighted by Gasteiger charge is 2.15. The summed E-state index contributed by atoms with van der Waals surface area (Å²) in [5, 5.41) is 6.80. The van der Waals surface area contributed by atoms with Crippen LogP contribution in [0.5, 0.6) is 0 Å². The topological polar surface area (TPSA) is 28.2 Å². The number of aromatic nitrogens is 1. The second-order valence-corrected chi connectivity index (χ2v) is 7.44. The maximum atomic E-state index is 4.87. The molecule has 0 unspecified atom stereocenters. The molecule has 1 N–H and O–H groups in total. The van der Waals surface area contributed by atoms with Crippen LogP contribution < -0.4 is 10.2 Å². The van der Waals surface area contributed by atoms with Gasteiger partial charge in [0.25, 0.3) is 0 Å². The molecule has 0 fully saturated rings. The lowest BCUT2D eigenvalue weighted by Gasteiger charge is -2.18. The molecule has 21 heavy (non-hydrogen) atoms. The van der Waals surface area contributed by atoms with E-state index >= 15 is 0 Å². The van der Waals surface area contributed by atoms with Crippen molar-refractivity contribution in [2.45, 2.75) is 53.2 Å². The minimum Gasteiger partial charge on any atom is -0.343 e. The van der Waals surface area contributed by atoms with Gasteiger partial charge in [-0.1, -0.05) is 26.8 Å². The molecule has 0 aliphatic heterocycles. The standard InChI is InChI=1S/C16H25N3S2/c1-5-14-15(10-17-12(3)4)21-16(18-14)19(6-2)11-13-8-7-9-20-13/h7-9,12,17H,5-6,10-11H2,1-4H3. The van der Waals surface area contributed by atoms with Crippen LogP contribution in [0.4, 0.5) is 5.13 Å². The quantitative estimate of drug-likeness (QED) is 0.785. The van der Waals surface area contributed by atoms with E-state index in [-0.39, 0.29) is 0 Å². The number of thiophene rings is 1. The first kappa shape index (κ1) is 16.5. The van der Waals surface area contributed by atoms with E-state index in [1.807, 2.05) is 22.7 Å². The van der Waals surface area contributed by atoms with Crippen LogP contribution in [0, 0.1) is 0 Å². The summed E-state index contributed by atoms with van der Waals surface area (Å²) in [5.41, 5.74) is 1.24. The van der Waals surface area contributed by atoms with Gasteiger partial charge in [0.05, 0.1) is 12.2 Å². The van der Waals surface area contributed by atoms with Crippen LogP contribution in [0.15, 0.2) is 17.5 Å². The molecule has 0 radical (unpaired) electrons. The van der Waals surface area contributed by atoms with Gasteiger partial charge in [0.1, 0.15) is 0 Å². The van der Waals surface area contributed by atoms with Crippen LogP contribution in [0.3, 0.4) is 0 Å². The number of nitrogens with one attached hydrogen (secondary N) is 1. The predicted octanol–water partition coefficient (Wildman–Crippen LogP) is 4.29. The lowest BCUT2D eigenvalue weighted by atomic mass is 10.3. The second kappa shape index (κ2) is 7.92. The molecule has 0 amide bonds. The molecule has 0 spiro atoms. The molecule has 0 saturated carbocycles. The number of rotatable bonds is 8. The highest BCUT2D eigenvalue weighted by molar-refractivity contribution is 7.15. The fourth-order valence-corrected chi connectivity index (χ4v) is 4.00. The molecule has 0 aliphatic carbocycles. The van der Waals surface area contributed by atoms with Crippen molar-refractivity contribution >= 4 is 27.8 Å². The summed E-state index contributed by atoms with van der Waals surface area (Å²) in [6.45, 7) is 11.6. The smallest absolute Gasteiger partial charge is 0.186 e. The van der Waals surface area contributed by atoms with E-state index < -0.39 is 0 Å². The van der Waals surface area contributed by atoms with Crippen LogP contribution in [-0.4, -0.2) is 17.6 Å². The van der Waals surface area contributed by atoms with Crippen LogP contribution >= 0.6 is 22.7 Å². The van der Waals surface area contributed by atoms with Gasteiger partial charge in [-0.3, -0.25) is 0 Å². The molecule has 2 heterocycles. The fourth-order valence-electron chi connectivity index (χ4n) is 2.12. The summed E-state index contributed by atoms with van der Waals surface area (Å²) in [6, 6.07) is 4.82. The Balaban J connectivity index is 2.13. The average Bonchev–Trinajstić information content (AvgIpc) is 3.11. The van der Waals surface area contributed by atoms with E-state index in [4.69, 9.17) is 4.98 Å². The zero-order chi connectivity index (χ0) is 15.2. The monoisotopic (exact) mass is 323 g/mol. The van der Waals surface area contributed by atoms with Gasteiger partial charge < -0.3 is 10.2 Å². The van der Waals surface area contributed by atoms with Gasteiger partial charge >= 0.3 is 0 Å². The second-order valence-electron chi connectivity index (χ2n) is 5.35. The third-order valence-corrected chi connectivity index (χ3v) is 5.37. The Morgan fingerprint density at radius 2 is 2.14 bits per heavy atom. The Hall–Kier alpha value is -0.910. The molecule has 116 valence electrons. The zero-order valence-electron chi connectivity index (χ0n) is 13.3. The zero-order valence-corrected chi connectivity index (χ0v) is 15.0. The minimum absolute atomic E-state index is 0.508. The van der Waals surface area contributed by atoms with Crippen molar-refractivity contribution in [1.29, 1.82) is 0 Å². The molecule has 0 bridgehead atoms. The largest absolute Gasteiger partial charge is 0.343 e. The maximum Gasteiger partial charge on any atom is 0.186 e. The van der Waals surface area contributed by atoms with E-state index in [1.54, 1.807) is 0 Å². The van der Waals surface area contributed by atoms with Crippen molar-refractivity contribution in [3.8, 4) is 0 Å². The SMILES string of the molecule is CCc1nc(N(CC)Cc2cccs2)sc1CNC(C)C. The number of aryl methyl sites for hydroxylation is 1. The molecule has 5 heteroatoms. The van der Waals surface area contributed by atoms with Gasteiger partial charge in [-0.2, -0.15) is 0 Å². The molecule has 0 aliphatic rings. The Kier molecular flexibility index (Phi) is 6.21. The molecule has 3 nitrogen and oxygen atoms in total. The molecule has 2 rings (SSSR count). The van der Waals surface area contributed by atoms with Crippen LogP contribution in [-0.2, 0) is 19.5 Å². The van der Waals surface area contributed by atoms with Crippen LogP contribution in [0.2, 0.25) is 0 Å². The first-order chi connectivity index (χ1) is 10.1. The third kappa shape index (κ3) is 4.53. The molecule has 2 aromatic rings. The van der Waals surface area contributed by atoms with Crippen molar-refractivity contribution in [1.82, 2.24) is 10.3 Å². The average molecular weight is 324 g/mol. The maximum absolute atomic E-state index is 4.87. The van der Waals surface area contributed by atoms with Crippen LogP contribution in [0.1, 0.15) is 43.1 Å².